The van der Waals surface area contributed by atoms with E-state index in [-0.39, 0.29) is 62.7 Å². The summed E-state index contributed by atoms with van der Waals surface area (Å²) >= 11 is 1.09. The molecule has 3 aromatic rings. The molecule has 0 bridgehead atoms. The van der Waals surface area contributed by atoms with E-state index in [1.165, 1.54) is 17.7 Å². The van der Waals surface area contributed by atoms with Crippen molar-refractivity contribution in [3.05, 3.63) is 187 Å². The van der Waals surface area contributed by atoms with E-state index in [1.807, 2.05) is 54.6 Å². The predicted octanol–water partition coefficient (Wildman–Crippen LogP) is 7.93. The van der Waals surface area contributed by atoms with Crippen molar-refractivity contribution in [2.24, 2.45) is 43.8 Å². The van der Waals surface area contributed by atoms with Gasteiger partial charge in [-0.2, -0.15) is 6.08 Å². The zero-order valence-corrected chi connectivity index (χ0v) is 38.7. The smallest absolute Gasteiger partial charge is 0.109 e. The molecule has 0 aromatic heterocycles. The van der Waals surface area contributed by atoms with Gasteiger partial charge in [0.2, 0.25) is 0 Å². The van der Waals surface area contributed by atoms with Gasteiger partial charge in [-0.1, -0.05) is 115 Å². The van der Waals surface area contributed by atoms with Crippen molar-refractivity contribution in [3.8, 4) is 0 Å². The third-order valence-corrected chi connectivity index (χ3v) is 17.5. The molecule has 0 aliphatic heterocycles. The molecular weight excluding hydrogens is 844 g/mol. The third-order valence-electron chi connectivity index (χ3n) is 16.2. The minimum absolute atomic E-state index is 0. The number of alkyl halides is 3. The predicted molar refractivity (Wildman–Crippen MR) is 224 cm³/mol. The van der Waals surface area contributed by atoms with Gasteiger partial charge in [0.15, 0.2) is 0 Å². The first kappa shape index (κ1) is 46.0. The molecule has 302 valence electrons. The van der Waals surface area contributed by atoms with Crippen LogP contribution in [0.4, 0.5) is 13.2 Å². The number of fused-ring (bicyclic) bond motifs is 9. The molecule has 0 amide bonds. The van der Waals surface area contributed by atoms with Crippen molar-refractivity contribution in [2.75, 3.05) is 0 Å². The number of allylic oxidation sites excluding steroid dienone is 16. The van der Waals surface area contributed by atoms with Crippen molar-refractivity contribution in [1.29, 1.82) is 0 Å². The average molecular weight is 897 g/mol. The summed E-state index contributed by atoms with van der Waals surface area (Å²) in [7, 11) is 0. The molecule has 2 saturated carbocycles. The average Bonchev–Trinajstić information content (AvgIpc) is 3.83. The Labute approximate surface area is 372 Å². The van der Waals surface area contributed by atoms with Gasteiger partial charge in [0.25, 0.3) is 0 Å². The normalized spacial score (nSPS) is 35.5. The van der Waals surface area contributed by atoms with Gasteiger partial charge < -0.3 is 31.2 Å². The van der Waals surface area contributed by atoms with Crippen molar-refractivity contribution < 1.29 is 62.2 Å². The molecule has 58 heavy (non-hydrogen) atoms. The minimum atomic E-state index is -4.31. The van der Waals surface area contributed by atoms with Crippen LogP contribution < -0.4 is 24.8 Å². The van der Waals surface area contributed by atoms with Gasteiger partial charge >= 0.3 is 141 Å². The maximum atomic E-state index is 12.9. The number of rotatable bonds is 2. The Balaban J connectivity index is 0.000000196. The number of hydrogen-bond acceptors (Lipinski definition) is 0. The van der Waals surface area contributed by atoms with Gasteiger partial charge in [0.1, 0.15) is 0 Å². The summed E-state index contributed by atoms with van der Waals surface area (Å²) in [4.78, 5) is 0. The van der Waals surface area contributed by atoms with E-state index in [1.54, 1.807) is 6.07 Å². The fourth-order valence-corrected chi connectivity index (χ4v) is 13.0. The van der Waals surface area contributed by atoms with E-state index in [0.29, 0.717) is 11.5 Å². The van der Waals surface area contributed by atoms with Crippen LogP contribution in [0.2, 0.25) is 0 Å². The van der Waals surface area contributed by atoms with Crippen LogP contribution in [0, 0.1) is 56.3 Å². The van der Waals surface area contributed by atoms with Gasteiger partial charge in [-0.25, -0.2) is 12.2 Å². The summed E-state index contributed by atoms with van der Waals surface area (Å²) in [5.41, 5.74) is 2.75. The second-order valence-corrected chi connectivity index (χ2v) is 18.9. The Hall–Kier alpha value is -3.04. The number of halogens is 5. The molecule has 0 radical (unpaired) electrons. The van der Waals surface area contributed by atoms with E-state index < -0.39 is 11.7 Å². The maximum absolute atomic E-state index is 12.9. The van der Waals surface area contributed by atoms with Gasteiger partial charge in [-0.3, -0.25) is 6.08 Å². The molecule has 0 saturated heterocycles. The van der Waals surface area contributed by atoms with Gasteiger partial charge in [-0.05, 0) is 28.6 Å². The van der Waals surface area contributed by atoms with Crippen molar-refractivity contribution in [1.82, 2.24) is 0 Å². The molecule has 6 aliphatic rings. The molecule has 6 heteroatoms. The zero-order chi connectivity index (χ0) is 40.4. The summed E-state index contributed by atoms with van der Waals surface area (Å²) in [6.45, 7) is 20.3. The minimum Gasteiger partial charge on any atom is -1.00 e. The molecule has 3 aromatic carbocycles. The standard InChI is InChI=1S/C29H37.C18H11F3.C5H5.2ClH.Zr/c1-21-14-13-15-22-20-27(6)25(4)18-10-9-16-23(25,2)24(3)17-11-12-19-26(24,5)29(27,8)28(21,22)7;19-18(20,21)16-9-3-5-13(12-16)11-15-8-4-7-14-6-1-2-10-17(14)15;1-2-4-5-3-1;;;/h9-20,22H,1-8H3;1-10,12H;1-3H,4H2;2*1H;/q-1;;-1;;;+2/p-2. The topological polar surface area (TPSA) is 0 Å². The molecule has 2 fully saturated rings. The SMILES string of the molecule is CC1=CC=CC2[CH-]C3(C)C4(C)C=CC=CC4(C)C4(C)C=CC=CC4(C)C3(C)C12C.FC(F)(F)c1cccc([C](=[Zr+2])c2cccc3ccccc23)c1.[C-]1=CC=CC1.[Cl-].[Cl-]. The first-order valence-electron chi connectivity index (χ1n) is 19.8. The zero-order valence-electron chi connectivity index (χ0n) is 34.7. The van der Waals surface area contributed by atoms with E-state index in [9.17, 15) is 13.2 Å². The van der Waals surface area contributed by atoms with Crippen LogP contribution in [-0.4, -0.2) is 3.21 Å². The maximum Gasteiger partial charge on any atom is -0.109 e. The molecule has 8 unspecified atom stereocenters. The molecule has 9 rings (SSSR count). The van der Waals surface area contributed by atoms with E-state index >= 15 is 0 Å². The van der Waals surface area contributed by atoms with Crippen LogP contribution in [-0.2, 0) is 30.4 Å². The fourth-order valence-electron chi connectivity index (χ4n) is 12.0. The monoisotopic (exact) mass is 894 g/mol. The Morgan fingerprint density at radius 2 is 1.31 bits per heavy atom. The van der Waals surface area contributed by atoms with Gasteiger partial charge in [0.05, 0.1) is 0 Å². The van der Waals surface area contributed by atoms with Crippen LogP contribution in [0.25, 0.3) is 10.8 Å². The Kier molecular flexibility index (Phi) is 12.8. The first-order chi connectivity index (χ1) is 26.4. The summed E-state index contributed by atoms with van der Waals surface area (Å²) in [6, 6.07) is 19.4. The molecule has 0 heterocycles. The fraction of sp³-hybridized carbons (Fsp3) is 0.346. The molecule has 0 nitrogen and oxygen atoms in total. The van der Waals surface area contributed by atoms with E-state index in [4.69, 9.17) is 0 Å². The Bertz CT molecular complexity index is 2310. The number of benzene rings is 3. The number of hydrogen-bond donors (Lipinski definition) is 0. The Morgan fingerprint density at radius 3 is 1.91 bits per heavy atom. The second-order valence-electron chi connectivity index (χ2n) is 17.7. The van der Waals surface area contributed by atoms with Crippen LogP contribution in [0.1, 0.15) is 78.5 Å². The molecule has 0 spiro atoms. The quantitative estimate of drug-likeness (QED) is 0.230. The van der Waals surface area contributed by atoms with Crippen LogP contribution in [0.3, 0.4) is 0 Å². The van der Waals surface area contributed by atoms with Crippen molar-refractivity contribution in [2.45, 2.75) is 68.0 Å². The summed E-state index contributed by atoms with van der Waals surface area (Å²) in [5.74, 6) is 0.460. The largest absolute Gasteiger partial charge is 1.00 e. The van der Waals surface area contributed by atoms with Crippen LogP contribution in [0.15, 0.2) is 157 Å². The molecular formula is C52H53Cl2F3Zr-2. The summed E-state index contributed by atoms with van der Waals surface area (Å²) < 4.78 is 39.6. The Morgan fingerprint density at radius 1 is 0.724 bits per heavy atom. The molecule has 6 aliphatic carbocycles. The van der Waals surface area contributed by atoms with Crippen molar-refractivity contribution in [3.63, 3.8) is 0 Å². The van der Waals surface area contributed by atoms with Crippen LogP contribution >= 0.6 is 0 Å². The summed E-state index contributed by atoms with van der Waals surface area (Å²) in [6.07, 6.45) is 34.9. The van der Waals surface area contributed by atoms with Crippen molar-refractivity contribution >= 4 is 14.0 Å². The molecule has 0 N–H and O–H groups in total. The van der Waals surface area contributed by atoms with E-state index in [2.05, 4.69) is 141 Å². The van der Waals surface area contributed by atoms with Crippen LogP contribution in [0.5, 0.6) is 0 Å². The van der Waals surface area contributed by atoms with Gasteiger partial charge in [-0.15, -0.1) is 23.8 Å². The molecule has 8 atom stereocenters. The van der Waals surface area contributed by atoms with Gasteiger partial charge in [0, 0.05) is 10.8 Å². The third kappa shape index (κ3) is 6.28. The second kappa shape index (κ2) is 16.1. The van der Waals surface area contributed by atoms with E-state index in [0.717, 1.165) is 56.3 Å². The summed E-state index contributed by atoms with van der Waals surface area (Å²) in [5, 5.41) is 2.15. The first-order valence-corrected chi connectivity index (χ1v) is 21.0.